The van der Waals surface area contributed by atoms with Gasteiger partial charge in [-0.2, -0.15) is 0 Å². The fraction of sp³-hybridized carbons (Fsp3) is 0.176. The summed E-state index contributed by atoms with van der Waals surface area (Å²) in [6.45, 7) is 3.05. The summed E-state index contributed by atoms with van der Waals surface area (Å²) in [6.07, 6.45) is 0. The summed E-state index contributed by atoms with van der Waals surface area (Å²) >= 11 is 6.13. The van der Waals surface area contributed by atoms with Crippen molar-refractivity contribution in [2.45, 2.75) is 19.9 Å². The molecule has 1 atom stereocenters. The van der Waals surface area contributed by atoms with Gasteiger partial charge in [-0.15, -0.1) is 0 Å². The second-order valence-electron chi connectivity index (χ2n) is 5.54. The molecule has 0 bridgehead atoms. The second-order valence-corrected chi connectivity index (χ2v) is 5.95. The summed E-state index contributed by atoms with van der Waals surface area (Å²) < 4.78 is 28.6. The van der Waals surface area contributed by atoms with Crippen molar-refractivity contribution >= 4 is 22.5 Å². The molecule has 0 saturated heterocycles. The molecule has 1 aromatic heterocycles. The Kier molecular flexibility index (Phi) is 4.11. The van der Waals surface area contributed by atoms with Gasteiger partial charge in [-0.25, -0.2) is 13.8 Å². The van der Waals surface area contributed by atoms with Crippen LogP contribution in [0.1, 0.15) is 24.4 Å². The van der Waals surface area contributed by atoms with E-state index in [9.17, 15) is 13.6 Å². The van der Waals surface area contributed by atoms with Crippen LogP contribution in [0.5, 0.6) is 0 Å². The van der Waals surface area contributed by atoms with Crippen molar-refractivity contribution in [1.82, 2.24) is 9.55 Å². The lowest BCUT2D eigenvalue weighted by atomic mass is 10.1. The number of hydrogen-bond acceptors (Lipinski definition) is 3. The van der Waals surface area contributed by atoms with E-state index in [1.807, 2.05) is 0 Å². The maximum Gasteiger partial charge on any atom is 0.267 e. The van der Waals surface area contributed by atoms with Crippen LogP contribution in [0.25, 0.3) is 16.6 Å². The Morgan fingerprint density at radius 2 is 1.96 bits per heavy atom. The van der Waals surface area contributed by atoms with Crippen LogP contribution in [0.4, 0.5) is 8.78 Å². The Morgan fingerprint density at radius 1 is 1.25 bits per heavy atom. The molecular weight excluding hydrogens is 336 g/mol. The molecule has 0 amide bonds. The highest BCUT2D eigenvalue weighted by molar-refractivity contribution is 6.35. The van der Waals surface area contributed by atoms with Crippen LogP contribution in [0.3, 0.4) is 0 Å². The fourth-order valence-corrected chi connectivity index (χ4v) is 2.88. The van der Waals surface area contributed by atoms with Gasteiger partial charge in [0.25, 0.3) is 5.56 Å². The van der Waals surface area contributed by atoms with Gasteiger partial charge >= 0.3 is 0 Å². The van der Waals surface area contributed by atoms with Crippen LogP contribution in [0, 0.1) is 18.6 Å². The van der Waals surface area contributed by atoms with Gasteiger partial charge in [-0.1, -0.05) is 17.7 Å². The first-order valence-electron chi connectivity index (χ1n) is 7.24. The molecule has 1 heterocycles. The minimum absolute atomic E-state index is 0.00722. The summed E-state index contributed by atoms with van der Waals surface area (Å²) in [5.41, 5.74) is 6.04. The Bertz CT molecular complexity index is 1010. The Labute approximate surface area is 141 Å². The van der Waals surface area contributed by atoms with E-state index >= 15 is 0 Å². The van der Waals surface area contributed by atoms with Crippen molar-refractivity contribution in [3.63, 3.8) is 0 Å². The predicted molar refractivity (Wildman–Crippen MR) is 89.6 cm³/mol. The molecule has 3 aromatic rings. The van der Waals surface area contributed by atoms with Gasteiger partial charge in [0.2, 0.25) is 0 Å². The van der Waals surface area contributed by atoms with E-state index in [0.717, 1.165) is 6.07 Å². The van der Waals surface area contributed by atoms with E-state index in [1.165, 1.54) is 17.6 Å². The first-order chi connectivity index (χ1) is 11.3. The third-order valence-corrected chi connectivity index (χ3v) is 4.15. The third kappa shape index (κ3) is 2.48. The quantitative estimate of drug-likeness (QED) is 0.768. The molecule has 24 heavy (non-hydrogen) atoms. The highest BCUT2D eigenvalue weighted by atomic mass is 35.5. The minimum Gasteiger partial charge on any atom is -0.322 e. The summed E-state index contributed by atoms with van der Waals surface area (Å²) in [4.78, 5) is 17.4. The number of halogens is 3. The molecule has 0 saturated carbocycles. The molecule has 0 aliphatic rings. The number of rotatable bonds is 2. The SMILES string of the molecule is Cc1c(-n2c(C(C)N)nc3cccc(Cl)c3c2=O)ccc(F)c1F. The zero-order valence-corrected chi connectivity index (χ0v) is 13.7. The van der Waals surface area contributed by atoms with E-state index in [1.54, 1.807) is 25.1 Å². The van der Waals surface area contributed by atoms with Gasteiger partial charge in [0, 0.05) is 5.56 Å². The molecule has 0 fully saturated rings. The van der Waals surface area contributed by atoms with E-state index in [0.29, 0.717) is 5.52 Å². The molecule has 0 radical (unpaired) electrons. The second kappa shape index (κ2) is 5.96. The van der Waals surface area contributed by atoms with Crippen LogP contribution < -0.4 is 11.3 Å². The number of fused-ring (bicyclic) bond motifs is 1. The number of nitrogens with two attached hydrogens (primary N) is 1. The van der Waals surface area contributed by atoms with E-state index in [4.69, 9.17) is 17.3 Å². The molecule has 0 spiro atoms. The molecule has 2 aromatic carbocycles. The third-order valence-electron chi connectivity index (χ3n) is 3.83. The monoisotopic (exact) mass is 349 g/mol. The Hall–Kier alpha value is -2.31. The normalized spacial score (nSPS) is 12.6. The molecule has 124 valence electrons. The van der Waals surface area contributed by atoms with Crippen LogP contribution >= 0.6 is 11.6 Å². The lowest BCUT2D eigenvalue weighted by Crippen LogP contribution is -2.28. The van der Waals surface area contributed by atoms with Crippen molar-refractivity contribution in [1.29, 1.82) is 0 Å². The lowest BCUT2D eigenvalue weighted by molar-refractivity contribution is 0.501. The van der Waals surface area contributed by atoms with Crippen molar-refractivity contribution in [2.24, 2.45) is 5.73 Å². The molecule has 3 rings (SSSR count). The zero-order valence-electron chi connectivity index (χ0n) is 13.0. The van der Waals surface area contributed by atoms with Gasteiger partial charge in [0.05, 0.1) is 27.7 Å². The van der Waals surface area contributed by atoms with Crippen molar-refractivity contribution in [3.05, 3.63) is 68.7 Å². The summed E-state index contributed by atoms with van der Waals surface area (Å²) in [6, 6.07) is 6.58. The maximum absolute atomic E-state index is 14.0. The summed E-state index contributed by atoms with van der Waals surface area (Å²) in [5.74, 6) is -1.77. The fourth-order valence-electron chi connectivity index (χ4n) is 2.63. The first-order valence-corrected chi connectivity index (χ1v) is 7.62. The zero-order chi connectivity index (χ0) is 17.6. The van der Waals surface area contributed by atoms with E-state index in [-0.39, 0.29) is 27.5 Å². The van der Waals surface area contributed by atoms with Gasteiger partial charge in [0.15, 0.2) is 11.6 Å². The van der Waals surface area contributed by atoms with Gasteiger partial charge in [-0.3, -0.25) is 9.36 Å². The van der Waals surface area contributed by atoms with Crippen LogP contribution in [0.15, 0.2) is 35.1 Å². The van der Waals surface area contributed by atoms with Crippen molar-refractivity contribution in [3.8, 4) is 5.69 Å². The molecule has 7 heteroatoms. The summed E-state index contributed by atoms with van der Waals surface area (Å²) in [5, 5.41) is 0.433. The molecular formula is C17H14ClF2N3O. The predicted octanol–water partition coefficient (Wildman–Crippen LogP) is 3.65. The molecule has 0 aliphatic carbocycles. The lowest BCUT2D eigenvalue weighted by Gasteiger charge is -2.18. The maximum atomic E-state index is 14.0. The standard InChI is InChI=1S/C17H14ClF2N3O/c1-8-13(7-6-11(19)15(8)20)23-16(9(2)21)22-12-5-3-4-10(18)14(12)17(23)24/h3-7,9H,21H2,1-2H3. The van der Waals surface area contributed by atoms with Gasteiger partial charge < -0.3 is 5.73 Å². The van der Waals surface area contributed by atoms with E-state index in [2.05, 4.69) is 4.98 Å². The topological polar surface area (TPSA) is 60.9 Å². The molecule has 4 nitrogen and oxygen atoms in total. The van der Waals surface area contributed by atoms with E-state index < -0.39 is 23.2 Å². The highest BCUT2D eigenvalue weighted by Crippen LogP contribution is 2.25. The van der Waals surface area contributed by atoms with Gasteiger partial charge in [-0.05, 0) is 38.1 Å². The molecule has 2 N–H and O–H groups in total. The first kappa shape index (κ1) is 16.5. The van der Waals surface area contributed by atoms with Crippen LogP contribution in [-0.4, -0.2) is 9.55 Å². The smallest absolute Gasteiger partial charge is 0.267 e. The Morgan fingerprint density at radius 3 is 2.62 bits per heavy atom. The number of hydrogen-bond donors (Lipinski definition) is 1. The summed E-state index contributed by atoms with van der Waals surface area (Å²) in [7, 11) is 0. The van der Waals surface area contributed by atoms with Gasteiger partial charge in [0.1, 0.15) is 5.82 Å². The molecule has 0 aliphatic heterocycles. The Balaban J connectivity index is 2.50. The average molecular weight is 350 g/mol. The average Bonchev–Trinajstić information content (AvgIpc) is 2.53. The van der Waals surface area contributed by atoms with Crippen molar-refractivity contribution < 1.29 is 8.78 Å². The van der Waals surface area contributed by atoms with Crippen molar-refractivity contribution in [2.75, 3.05) is 0 Å². The van der Waals surface area contributed by atoms with Crippen LogP contribution in [0.2, 0.25) is 5.02 Å². The number of aromatic nitrogens is 2. The van der Waals surface area contributed by atoms with Crippen LogP contribution in [-0.2, 0) is 0 Å². The minimum atomic E-state index is -1.02. The highest BCUT2D eigenvalue weighted by Gasteiger charge is 2.20. The molecule has 1 unspecified atom stereocenters. The number of benzene rings is 2. The number of nitrogens with zero attached hydrogens (tertiary/aromatic N) is 2. The largest absolute Gasteiger partial charge is 0.322 e.